The van der Waals surface area contributed by atoms with Crippen molar-refractivity contribution in [3.8, 4) is 0 Å². The van der Waals surface area contributed by atoms with Gasteiger partial charge in [0, 0.05) is 10.5 Å². The number of methoxy groups -OCH3 is 1. The fourth-order valence-electron chi connectivity index (χ4n) is 1.05. The highest BCUT2D eigenvalue weighted by molar-refractivity contribution is 7.17. The zero-order valence-electron chi connectivity index (χ0n) is 8.40. The number of carbonyl (C=O) groups is 2. The summed E-state index contributed by atoms with van der Waals surface area (Å²) in [4.78, 5) is 22.5. The van der Waals surface area contributed by atoms with E-state index in [9.17, 15) is 9.59 Å². The Morgan fingerprint density at radius 2 is 2.25 bits per heavy atom. The Balaban J connectivity index is 2.95. The molecule has 86 valence electrons. The van der Waals surface area contributed by atoms with Gasteiger partial charge in [-0.15, -0.1) is 11.3 Å². The van der Waals surface area contributed by atoms with E-state index in [1.165, 1.54) is 24.5 Å². The molecule has 16 heavy (non-hydrogen) atoms. The van der Waals surface area contributed by atoms with Gasteiger partial charge in [0.05, 0.1) is 17.9 Å². The summed E-state index contributed by atoms with van der Waals surface area (Å²) in [6, 6.07) is 3.38. The molecule has 0 radical (unpaired) electrons. The molecule has 0 aliphatic carbocycles. The van der Waals surface area contributed by atoms with Gasteiger partial charge in [-0.1, -0.05) is 11.6 Å². The number of ether oxygens (including phenoxy) is 1. The number of thiophene rings is 1. The summed E-state index contributed by atoms with van der Waals surface area (Å²) in [5.41, 5.74) is 0.0912. The van der Waals surface area contributed by atoms with E-state index < -0.39 is 11.9 Å². The maximum Gasteiger partial charge on any atom is 0.334 e. The topological polar surface area (TPSA) is 63.6 Å². The van der Waals surface area contributed by atoms with Crippen LogP contribution in [0.2, 0.25) is 4.34 Å². The van der Waals surface area contributed by atoms with Crippen LogP contribution in [0.5, 0.6) is 0 Å². The van der Waals surface area contributed by atoms with Crippen molar-refractivity contribution in [1.29, 1.82) is 0 Å². The van der Waals surface area contributed by atoms with Gasteiger partial charge in [0.2, 0.25) is 0 Å². The molecule has 0 aromatic carbocycles. The van der Waals surface area contributed by atoms with E-state index in [-0.39, 0.29) is 12.0 Å². The minimum absolute atomic E-state index is 0.0912. The fraction of sp³-hybridized carbons (Fsp3) is 0.200. The first kappa shape index (κ1) is 12.7. The molecule has 1 rings (SSSR count). The van der Waals surface area contributed by atoms with E-state index in [1.54, 1.807) is 12.1 Å². The number of esters is 1. The SMILES string of the molecule is COC(=O)/C(=C/c1ccc(Cl)s1)CC(=O)O. The van der Waals surface area contributed by atoms with Crippen LogP contribution in [0.25, 0.3) is 6.08 Å². The molecule has 0 saturated carbocycles. The standard InChI is InChI=1S/C10H9ClO4S/c1-15-10(14)6(5-9(12)13)4-7-2-3-8(11)16-7/h2-4H,5H2,1H3,(H,12,13)/b6-4+. The Morgan fingerprint density at radius 1 is 1.56 bits per heavy atom. The van der Waals surface area contributed by atoms with E-state index in [4.69, 9.17) is 16.7 Å². The van der Waals surface area contributed by atoms with Gasteiger partial charge in [-0.3, -0.25) is 4.79 Å². The minimum atomic E-state index is -1.08. The summed E-state index contributed by atoms with van der Waals surface area (Å²) in [6.07, 6.45) is 1.10. The second-order valence-corrected chi connectivity index (χ2v) is 4.62. The van der Waals surface area contributed by atoms with Crippen LogP contribution < -0.4 is 0 Å². The van der Waals surface area contributed by atoms with Crippen LogP contribution in [-0.2, 0) is 14.3 Å². The quantitative estimate of drug-likeness (QED) is 0.667. The Kier molecular flexibility index (Phi) is 4.52. The molecule has 0 aliphatic heterocycles. The smallest absolute Gasteiger partial charge is 0.334 e. The number of halogens is 1. The molecule has 0 amide bonds. The maximum absolute atomic E-state index is 11.3. The molecule has 0 atom stereocenters. The van der Waals surface area contributed by atoms with Gasteiger partial charge in [0.15, 0.2) is 0 Å². The third-order valence-electron chi connectivity index (χ3n) is 1.70. The molecular formula is C10H9ClO4S. The van der Waals surface area contributed by atoms with Gasteiger partial charge in [0.25, 0.3) is 0 Å². The average molecular weight is 261 g/mol. The number of hydrogen-bond donors (Lipinski definition) is 1. The van der Waals surface area contributed by atoms with Crippen molar-refractivity contribution in [3.63, 3.8) is 0 Å². The molecule has 0 spiro atoms. The summed E-state index contributed by atoms with van der Waals surface area (Å²) in [5, 5.41) is 8.64. The zero-order valence-corrected chi connectivity index (χ0v) is 9.97. The highest BCUT2D eigenvalue weighted by atomic mass is 35.5. The Bertz CT molecular complexity index is 436. The predicted octanol–water partition coefficient (Wildman–Crippen LogP) is 2.43. The maximum atomic E-state index is 11.3. The number of carboxylic acids is 1. The van der Waals surface area contributed by atoms with Crippen LogP contribution in [0.1, 0.15) is 11.3 Å². The van der Waals surface area contributed by atoms with Gasteiger partial charge < -0.3 is 9.84 Å². The first-order chi connectivity index (χ1) is 7.52. The van der Waals surface area contributed by atoms with E-state index in [0.717, 1.165) is 0 Å². The molecule has 0 saturated heterocycles. The number of rotatable bonds is 4. The van der Waals surface area contributed by atoms with Crippen molar-refractivity contribution in [2.24, 2.45) is 0 Å². The lowest BCUT2D eigenvalue weighted by atomic mass is 10.1. The average Bonchev–Trinajstić information content (AvgIpc) is 2.61. The fourth-order valence-corrected chi connectivity index (χ4v) is 2.08. The van der Waals surface area contributed by atoms with Crippen LogP contribution in [0, 0.1) is 0 Å². The van der Waals surface area contributed by atoms with Crippen LogP contribution in [0.15, 0.2) is 17.7 Å². The van der Waals surface area contributed by atoms with Crippen molar-refractivity contribution in [2.75, 3.05) is 7.11 Å². The van der Waals surface area contributed by atoms with Gasteiger partial charge in [-0.25, -0.2) is 4.79 Å². The molecule has 1 aromatic rings. The van der Waals surface area contributed by atoms with Gasteiger partial charge in [-0.2, -0.15) is 0 Å². The van der Waals surface area contributed by atoms with Crippen molar-refractivity contribution in [1.82, 2.24) is 0 Å². The second kappa shape index (κ2) is 5.67. The van der Waals surface area contributed by atoms with Gasteiger partial charge in [0.1, 0.15) is 0 Å². The van der Waals surface area contributed by atoms with E-state index in [2.05, 4.69) is 4.74 Å². The molecule has 0 unspecified atom stereocenters. The second-order valence-electron chi connectivity index (χ2n) is 2.87. The normalized spacial score (nSPS) is 11.2. The lowest BCUT2D eigenvalue weighted by Gasteiger charge is -2.01. The first-order valence-electron chi connectivity index (χ1n) is 4.29. The Hall–Kier alpha value is -1.33. The molecular weight excluding hydrogens is 252 g/mol. The third-order valence-corrected chi connectivity index (χ3v) is 2.88. The molecule has 0 fully saturated rings. The summed E-state index contributed by atoms with van der Waals surface area (Å²) >= 11 is 6.98. The molecule has 4 nitrogen and oxygen atoms in total. The molecule has 0 bridgehead atoms. The summed E-state index contributed by atoms with van der Waals surface area (Å²) < 4.78 is 5.07. The lowest BCUT2D eigenvalue weighted by Crippen LogP contribution is -2.09. The number of carboxylic acid groups (broad SMARTS) is 1. The van der Waals surface area contributed by atoms with Crippen LogP contribution in [0.3, 0.4) is 0 Å². The highest BCUT2D eigenvalue weighted by Gasteiger charge is 2.14. The molecule has 1 aromatic heterocycles. The lowest BCUT2D eigenvalue weighted by molar-refractivity contribution is -0.141. The number of aliphatic carboxylic acids is 1. The first-order valence-corrected chi connectivity index (χ1v) is 5.48. The summed E-state index contributed by atoms with van der Waals surface area (Å²) in [6.45, 7) is 0. The largest absolute Gasteiger partial charge is 0.481 e. The van der Waals surface area contributed by atoms with Crippen molar-refractivity contribution < 1.29 is 19.4 Å². The molecule has 6 heteroatoms. The predicted molar refractivity (Wildman–Crippen MR) is 61.6 cm³/mol. The van der Waals surface area contributed by atoms with Crippen molar-refractivity contribution in [2.45, 2.75) is 6.42 Å². The highest BCUT2D eigenvalue weighted by Crippen LogP contribution is 2.24. The van der Waals surface area contributed by atoms with Crippen molar-refractivity contribution >= 4 is 41.0 Å². The van der Waals surface area contributed by atoms with E-state index in [1.807, 2.05) is 0 Å². The summed E-state index contributed by atoms with van der Waals surface area (Å²) in [5.74, 6) is -1.73. The molecule has 1 N–H and O–H groups in total. The zero-order chi connectivity index (χ0) is 12.1. The van der Waals surface area contributed by atoms with Crippen LogP contribution in [0.4, 0.5) is 0 Å². The van der Waals surface area contributed by atoms with Gasteiger partial charge in [-0.05, 0) is 18.2 Å². The summed E-state index contributed by atoms with van der Waals surface area (Å²) in [7, 11) is 1.21. The molecule has 1 heterocycles. The monoisotopic (exact) mass is 260 g/mol. The van der Waals surface area contributed by atoms with Crippen molar-refractivity contribution in [3.05, 3.63) is 26.9 Å². The van der Waals surface area contributed by atoms with E-state index >= 15 is 0 Å². The number of carbonyl (C=O) groups excluding carboxylic acids is 1. The van der Waals surface area contributed by atoms with Gasteiger partial charge >= 0.3 is 11.9 Å². The third kappa shape index (κ3) is 3.67. The number of hydrogen-bond acceptors (Lipinski definition) is 4. The Labute approximate surface area is 101 Å². The minimum Gasteiger partial charge on any atom is -0.481 e. The molecule has 0 aliphatic rings. The van der Waals surface area contributed by atoms with Crippen LogP contribution >= 0.6 is 22.9 Å². The van der Waals surface area contributed by atoms with E-state index in [0.29, 0.717) is 9.21 Å². The Morgan fingerprint density at radius 3 is 2.69 bits per heavy atom. The van der Waals surface area contributed by atoms with Crippen LogP contribution in [-0.4, -0.2) is 24.2 Å².